The molecule has 1 heterocycles. The van der Waals surface area contributed by atoms with E-state index in [1.54, 1.807) is 6.07 Å². The molecule has 1 saturated heterocycles. The molecular formula is C16H22ClN3. The summed E-state index contributed by atoms with van der Waals surface area (Å²) in [6.07, 6.45) is 3.49. The van der Waals surface area contributed by atoms with Crippen LogP contribution in [0.2, 0.25) is 5.02 Å². The largest absolute Gasteiger partial charge is 0.370 e. The second kappa shape index (κ2) is 7.52. The monoisotopic (exact) mass is 291 g/mol. The summed E-state index contributed by atoms with van der Waals surface area (Å²) < 4.78 is 0. The van der Waals surface area contributed by atoms with Gasteiger partial charge >= 0.3 is 0 Å². The molecule has 1 aromatic rings. The summed E-state index contributed by atoms with van der Waals surface area (Å²) in [7, 11) is 0. The Labute approximate surface area is 126 Å². The average molecular weight is 292 g/mol. The van der Waals surface area contributed by atoms with E-state index < -0.39 is 0 Å². The Morgan fingerprint density at radius 2 is 2.15 bits per heavy atom. The molecule has 0 atom stereocenters. The molecule has 2 rings (SSSR count). The van der Waals surface area contributed by atoms with Gasteiger partial charge < -0.3 is 10.2 Å². The van der Waals surface area contributed by atoms with Gasteiger partial charge in [0.05, 0.1) is 16.3 Å². The van der Waals surface area contributed by atoms with Gasteiger partial charge in [-0.3, -0.25) is 0 Å². The first-order valence-corrected chi connectivity index (χ1v) is 7.78. The second-order valence-corrected chi connectivity index (χ2v) is 5.79. The number of hydrogen-bond donors (Lipinski definition) is 1. The van der Waals surface area contributed by atoms with E-state index in [4.69, 9.17) is 11.6 Å². The maximum atomic E-state index is 9.35. The van der Waals surface area contributed by atoms with Gasteiger partial charge in [-0.2, -0.15) is 5.26 Å². The van der Waals surface area contributed by atoms with Crippen LogP contribution in [0.25, 0.3) is 0 Å². The highest BCUT2D eigenvalue weighted by Crippen LogP contribution is 2.28. The van der Waals surface area contributed by atoms with Crippen molar-refractivity contribution < 1.29 is 0 Å². The Bertz CT molecular complexity index is 475. The highest BCUT2D eigenvalue weighted by molar-refractivity contribution is 6.32. The van der Waals surface area contributed by atoms with Gasteiger partial charge in [-0.05, 0) is 50.4 Å². The molecule has 0 radical (unpaired) electrons. The van der Waals surface area contributed by atoms with Gasteiger partial charge in [-0.15, -0.1) is 0 Å². The van der Waals surface area contributed by atoms with Crippen LogP contribution >= 0.6 is 11.6 Å². The summed E-state index contributed by atoms with van der Waals surface area (Å²) in [4.78, 5) is 2.33. The third kappa shape index (κ3) is 3.65. The maximum absolute atomic E-state index is 9.35. The zero-order chi connectivity index (χ0) is 14.4. The molecular weight excluding hydrogens is 270 g/mol. The van der Waals surface area contributed by atoms with E-state index in [2.05, 4.69) is 23.2 Å². The zero-order valence-corrected chi connectivity index (χ0v) is 12.8. The first-order valence-electron chi connectivity index (χ1n) is 7.40. The normalized spacial score (nSPS) is 15.8. The van der Waals surface area contributed by atoms with Crippen molar-refractivity contribution >= 4 is 17.3 Å². The first-order chi connectivity index (χ1) is 9.76. The minimum absolute atomic E-state index is 0.552. The number of piperidine rings is 1. The van der Waals surface area contributed by atoms with Crippen molar-refractivity contribution in [3.8, 4) is 6.07 Å². The molecule has 0 unspecified atom stereocenters. The molecule has 0 bridgehead atoms. The van der Waals surface area contributed by atoms with Gasteiger partial charge in [0, 0.05) is 13.1 Å². The number of rotatable bonds is 5. The lowest BCUT2D eigenvalue weighted by Crippen LogP contribution is -2.37. The van der Waals surface area contributed by atoms with Gasteiger partial charge in [0.2, 0.25) is 0 Å². The van der Waals surface area contributed by atoms with Crippen LogP contribution in [0.3, 0.4) is 0 Å². The van der Waals surface area contributed by atoms with E-state index in [0.29, 0.717) is 16.5 Å². The molecule has 108 valence electrons. The van der Waals surface area contributed by atoms with Crippen LogP contribution in [-0.2, 0) is 0 Å². The van der Waals surface area contributed by atoms with Gasteiger partial charge in [-0.25, -0.2) is 0 Å². The van der Waals surface area contributed by atoms with Gasteiger partial charge in [0.25, 0.3) is 0 Å². The van der Waals surface area contributed by atoms with Crippen molar-refractivity contribution in [3.05, 3.63) is 28.8 Å². The topological polar surface area (TPSA) is 39.1 Å². The van der Waals surface area contributed by atoms with Crippen molar-refractivity contribution in [1.82, 2.24) is 5.32 Å². The van der Waals surface area contributed by atoms with Crippen molar-refractivity contribution in [2.75, 3.05) is 31.1 Å². The lowest BCUT2D eigenvalue weighted by atomic mass is 9.97. The quantitative estimate of drug-likeness (QED) is 0.903. The van der Waals surface area contributed by atoms with Crippen LogP contribution in [-0.4, -0.2) is 26.2 Å². The summed E-state index contributed by atoms with van der Waals surface area (Å²) in [6, 6.07) is 7.99. The lowest BCUT2D eigenvalue weighted by Gasteiger charge is -2.32. The standard InChI is InChI=1S/C16H22ClN3/c1-2-10-20(12-13-6-8-19-9-7-13)16-5-3-4-15(17)14(16)11-18/h3-5,13,19H,2,6-10,12H2,1H3. The number of nitriles is 1. The van der Waals surface area contributed by atoms with Crippen LogP contribution in [0.1, 0.15) is 31.7 Å². The Kier molecular flexibility index (Phi) is 5.70. The van der Waals surface area contributed by atoms with Crippen molar-refractivity contribution in [3.63, 3.8) is 0 Å². The molecule has 0 saturated carbocycles. The Hall–Kier alpha value is -1.24. The Morgan fingerprint density at radius 3 is 2.80 bits per heavy atom. The summed E-state index contributed by atoms with van der Waals surface area (Å²) in [6.45, 7) is 6.37. The fraction of sp³-hybridized carbons (Fsp3) is 0.562. The summed E-state index contributed by atoms with van der Waals surface area (Å²) in [5.41, 5.74) is 1.59. The van der Waals surface area contributed by atoms with E-state index >= 15 is 0 Å². The van der Waals surface area contributed by atoms with E-state index in [-0.39, 0.29) is 0 Å². The minimum Gasteiger partial charge on any atom is -0.370 e. The number of hydrogen-bond acceptors (Lipinski definition) is 3. The van der Waals surface area contributed by atoms with Crippen LogP contribution in [0, 0.1) is 17.2 Å². The maximum Gasteiger partial charge on any atom is 0.103 e. The fourth-order valence-corrected chi connectivity index (χ4v) is 3.05. The molecule has 1 aliphatic rings. The first kappa shape index (κ1) is 15.2. The van der Waals surface area contributed by atoms with Crippen molar-refractivity contribution in [2.24, 2.45) is 5.92 Å². The Morgan fingerprint density at radius 1 is 1.40 bits per heavy atom. The van der Waals surface area contributed by atoms with Gasteiger partial charge in [0.15, 0.2) is 0 Å². The van der Waals surface area contributed by atoms with Crippen LogP contribution in [0.5, 0.6) is 0 Å². The molecule has 1 fully saturated rings. The molecule has 0 aliphatic carbocycles. The fourth-order valence-electron chi connectivity index (χ4n) is 2.84. The van der Waals surface area contributed by atoms with Crippen molar-refractivity contribution in [2.45, 2.75) is 26.2 Å². The van der Waals surface area contributed by atoms with Gasteiger partial charge in [-0.1, -0.05) is 24.6 Å². The molecule has 4 heteroatoms. The second-order valence-electron chi connectivity index (χ2n) is 5.39. The summed E-state index contributed by atoms with van der Waals surface area (Å²) in [5, 5.41) is 13.3. The summed E-state index contributed by atoms with van der Waals surface area (Å²) >= 11 is 6.16. The molecule has 1 aromatic carbocycles. The number of nitrogens with zero attached hydrogens (tertiary/aromatic N) is 2. The van der Waals surface area contributed by atoms with E-state index in [1.165, 1.54) is 12.8 Å². The Balaban J connectivity index is 2.19. The highest BCUT2D eigenvalue weighted by Gasteiger charge is 2.19. The van der Waals surface area contributed by atoms with E-state index in [9.17, 15) is 5.26 Å². The number of halogens is 1. The molecule has 0 spiro atoms. The predicted molar refractivity (Wildman–Crippen MR) is 84.3 cm³/mol. The number of benzene rings is 1. The SMILES string of the molecule is CCCN(CC1CCNCC1)c1cccc(Cl)c1C#N. The number of anilines is 1. The number of nitrogens with one attached hydrogen (secondary N) is 1. The molecule has 20 heavy (non-hydrogen) atoms. The molecule has 1 N–H and O–H groups in total. The van der Waals surface area contributed by atoms with E-state index in [1.807, 2.05) is 12.1 Å². The molecule has 0 amide bonds. The van der Waals surface area contributed by atoms with Crippen LogP contribution < -0.4 is 10.2 Å². The minimum atomic E-state index is 0.552. The average Bonchev–Trinajstić information content (AvgIpc) is 2.47. The molecule has 1 aliphatic heterocycles. The third-order valence-corrected chi connectivity index (χ3v) is 4.19. The smallest absolute Gasteiger partial charge is 0.103 e. The molecule has 0 aromatic heterocycles. The zero-order valence-electron chi connectivity index (χ0n) is 12.0. The highest BCUT2D eigenvalue weighted by atomic mass is 35.5. The molecule has 3 nitrogen and oxygen atoms in total. The lowest BCUT2D eigenvalue weighted by molar-refractivity contribution is 0.373. The van der Waals surface area contributed by atoms with E-state index in [0.717, 1.165) is 38.3 Å². The summed E-state index contributed by atoms with van der Waals surface area (Å²) in [5.74, 6) is 0.702. The predicted octanol–water partition coefficient (Wildman–Crippen LogP) is 3.43. The van der Waals surface area contributed by atoms with Crippen LogP contribution in [0.4, 0.5) is 5.69 Å². The van der Waals surface area contributed by atoms with Crippen LogP contribution in [0.15, 0.2) is 18.2 Å². The van der Waals surface area contributed by atoms with Crippen molar-refractivity contribution in [1.29, 1.82) is 5.26 Å². The third-order valence-electron chi connectivity index (χ3n) is 3.87. The van der Waals surface area contributed by atoms with Gasteiger partial charge in [0.1, 0.15) is 6.07 Å².